The zero-order valence-electron chi connectivity index (χ0n) is 11.1. The van der Waals surface area contributed by atoms with Gasteiger partial charge in [-0.05, 0) is 37.8 Å². The third kappa shape index (κ3) is 2.07. The molecular formula is C14H19N5. The standard InChI is InChI=1S/C14H19N5/c1-2-4-10-18(9-3-1)13-8-7-12-15-16-14(11-5-6-11)19(12)17-13/h7-8,11H,1-6,9-10H2. The molecule has 2 fully saturated rings. The summed E-state index contributed by atoms with van der Waals surface area (Å²) in [7, 11) is 0. The summed E-state index contributed by atoms with van der Waals surface area (Å²) in [5.74, 6) is 2.71. The quantitative estimate of drug-likeness (QED) is 0.828. The average Bonchev–Trinajstić information content (AvgIpc) is 3.23. The van der Waals surface area contributed by atoms with Crippen LogP contribution in [-0.4, -0.2) is 32.9 Å². The monoisotopic (exact) mass is 257 g/mol. The summed E-state index contributed by atoms with van der Waals surface area (Å²) in [6.07, 6.45) is 7.71. The Morgan fingerprint density at radius 3 is 2.47 bits per heavy atom. The van der Waals surface area contributed by atoms with Crippen LogP contribution in [0.1, 0.15) is 50.3 Å². The van der Waals surface area contributed by atoms with Crippen molar-refractivity contribution >= 4 is 11.5 Å². The number of fused-ring (bicyclic) bond motifs is 1. The second kappa shape index (κ2) is 4.47. The number of rotatable bonds is 2. The first kappa shape index (κ1) is 11.2. The molecule has 0 radical (unpaired) electrons. The van der Waals surface area contributed by atoms with Crippen molar-refractivity contribution in [2.45, 2.75) is 44.4 Å². The van der Waals surface area contributed by atoms with E-state index in [0.717, 1.165) is 30.4 Å². The van der Waals surface area contributed by atoms with E-state index >= 15 is 0 Å². The molecule has 5 heteroatoms. The van der Waals surface area contributed by atoms with E-state index in [-0.39, 0.29) is 0 Å². The predicted octanol–water partition coefficient (Wildman–Crippen LogP) is 2.38. The van der Waals surface area contributed by atoms with Crippen molar-refractivity contribution in [2.24, 2.45) is 0 Å². The molecule has 2 aliphatic rings. The number of anilines is 1. The molecule has 1 aliphatic carbocycles. The smallest absolute Gasteiger partial charge is 0.178 e. The lowest BCUT2D eigenvalue weighted by atomic mass is 10.2. The highest BCUT2D eigenvalue weighted by Gasteiger charge is 2.29. The van der Waals surface area contributed by atoms with Crippen LogP contribution in [-0.2, 0) is 0 Å². The predicted molar refractivity (Wildman–Crippen MR) is 73.4 cm³/mol. The lowest BCUT2D eigenvalue weighted by Crippen LogP contribution is -2.25. The van der Waals surface area contributed by atoms with Gasteiger partial charge in [0.15, 0.2) is 11.5 Å². The minimum atomic E-state index is 0.585. The minimum Gasteiger partial charge on any atom is -0.355 e. The van der Waals surface area contributed by atoms with Crippen LogP contribution in [0.25, 0.3) is 5.65 Å². The van der Waals surface area contributed by atoms with E-state index in [9.17, 15) is 0 Å². The summed E-state index contributed by atoms with van der Waals surface area (Å²) in [5.41, 5.74) is 0.875. The lowest BCUT2D eigenvalue weighted by Gasteiger charge is -2.21. The van der Waals surface area contributed by atoms with E-state index in [1.54, 1.807) is 0 Å². The Morgan fingerprint density at radius 1 is 0.947 bits per heavy atom. The fraction of sp³-hybridized carbons (Fsp3) is 0.643. The average molecular weight is 257 g/mol. The second-order valence-corrected chi connectivity index (χ2v) is 5.70. The molecule has 0 amide bonds. The van der Waals surface area contributed by atoms with Crippen LogP contribution in [0.4, 0.5) is 5.82 Å². The van der Waals surface area contributed by atoms with E-state index in [2.05, 4.69) is 21.2 Å². The maximum absolute atomic E-state index is 4.78. The molecular weight excluding hydrogens is 238 g/mol. The summed E-state index contributed by atoms with van der Waals surface area (Å²) in [4.78, 5) is 2.41. The molecule has 0 atom stereocenters. The molecule has 0 bridgehead atoms. The van der Waals surface area contributed by atoms with E-state index < -0.39 is 0 Å². The van der Waals surface area contributed by atoms with Gasteiger partial charge in [-0.2, -0.15) is 4.52 Å². The van der Waals surface area contributed by atoms with Crippen molar-refractivity contribution in [3.63, 3.8) is 0 Å². The number of hydrogen-bond donors (Lipinski definition) is 0. The summed E-state index contributed by atoms with van der Waals surface area (Å²) in [6, 6.07) is 4.14. The molecule has 0 N–H and O–H groups in total. The van der Waals surface area contributed by atoms with Gasteiger partial charge in [0.1, 0.15) is 5.82 Å². The Morgan fingerprint density at radius 2 is 1.74 bits per heavy atom. The Kier molecular flexibility index (Phi) is 2.64. The summed E-state index contributed by atoms with van der Waals surface area (Å²) >= 11 is 0. The Balaban J connectivity index is 1.71. The van der Waals surface area contributed by atoms with Crippen LogP contribution < -0.4 is 4.90 Å². The second-order valence-electron chi connectivity index (χ2n) is 5.70. The van der Waals surface area contributed by atoms with Crippen LogP contribution >= 0.6 is 0 Å². The maximum Gasteiger partial charge on any atom is 0.178 e. The first-order chi connectivity index (χ1) is 9.42. The van der Waals surface area contributed by atoms with Gasteiger partial charge in [0.2, 0.25) is 0 Å². The summed E-state index contributed by atoms with van der Waals surface area (Å²) in [5, 5.41) is 13.3. The highest BCUT2D eigenvalue weighted by molar-refractivity contribution is 5.46. The number of aromatic nitrogens is 4. The van der Waals surface area contributed by atoms with Crippen LogP contribution in [0.5, 0.6) is 0 Å². The molecule has 100 valence electrons. The lowest BCUT2D eigenvalue weighted by molar-refractivity contribution is 0.726. The van der Waals surface area contributed by atoms with Crippen molar-refractivity contribution in [1.29, 1.82) is 0 Å². The van der Waals surface area contributed by atoms with E-state index in [1.807, 2.05) is 10.6 Å². The van der Waals surface area contributed by atoms with Crippen molar-refractivity contribution < 1.29 is 0 Å². The van der Waals surface area contributed by atoms with Crippen molar-refractivity contribution in [3.8, 4) is 0 Å². The van der Waals surface area contributed by atoms with Gasteiger partial charge in [-0.3, -0.25) is 0 Å². The van der Waals surface area contributed by atoms with Crippen LogP contribution in [0.2, 0.25) is 0 Å². The van der Waals surface area contributed by atoms with E-state index in [4.69, 9.17) is 5.10 Å². The molecule has 3 heterocycles. The Bertz CT molecular complexity index is 579. The first-order valence-corrected chi connectivity index (χ1v) is 7.39. The highest BCUT2D eigenvalue weighted by Crippen LogP contribution is 2.38. The fourth-order valence-electron chi connectivity index (χ4n) is 2.86. The molecule has 1 saturated heterocycles. The molecule has 0 aromatic carbocycles. The van der Waals surface area contributed by atoms with Gasteiger partial charge in [0.05, 0.1) is 0 Å². The van der Waals surface area contributed by atoms with Crippen LogP contribution in [0.3, 0.4) is 0 Å². The van der Waals surface area contributed by atoms with E-state index in [1.165, 1.54) is 38.5 Å². The highest BCUT2D eigenvalue weighted by atomic mass is 15.4. The normalized spacial score (nSPS) is 20.7. The molecule has 0 unspecified atom stereocenters. The number of hydrogen-bond acceptors (Lipinski definition) is 4. The van der Waals surface area contributed by atoms with Gasteiger partial charge in [0.25, 0.3) is 0 Å². The van der Waals surface area contributed by atoms with Gasteiger partial charge in [-0.25, -0.2) is 0 Å². The largest absolute Gasteiger partial charge is 0.355 e. The van der Waals surface area contributed by atoms with Gasteiger partial charge >= 0.3 is 0 Å². The molecule has 1 aliphatic heterocycles. The van der Waals surface area contributed by atoms with Gasteiger partial charge in [0, 0.05) is 19.0 Å². The first-order valence-electron chi connectivity index (χ1n) is 7.39. The van der Waals surface area contributed by atoms with Gasteiger partial charge in [-0.15, -0.1) is 15.3 Å². The zero-order valence-corrected chi connectivity index (χ0v) is 11.1. The molecule has 5 nitrogen and oxygen atoms in total. The Labute approximate surface area is 112 Å². The molecule has 19 heavy (non-hydrogen) atoms. The third-order valence-corrected chi connectivity index (χ3v) is 4.15. The zero-order chi connectivity index (χ0) is 12.7. The van der Waals surface area contributed by atoms with E-state index in [0.29, 0.717) is 5.92 Å². The maximum atomic E-state index is 4.78. The SMILES string of the molecule is c1cc2nnc(C3CC3)n2nc1N1CCCCCC1. The molecule has 0 spiro atoms. The van der Waals surface area contributed by atoms with Crippen LogP contribution in [0.15, 0.2) is 12.1 Å². The van der Waals surface area contributed by atoms with Crippen molar-refractivity contribution in [2.75, 3.05) is 18.0 Å². The van der Waals surface area contributed by atoms with Crippen LogP contribution in [0, 0.1) is 0 Å². The minimum absolute atomic E-state index is 0.585. The van der Waals surface area contributed by atoms with Crippen molar-refractivity contribution in [3.05, 3.63) is 18.0 Å². The molecule has 2 aromatic heterocycles. The molecule has 2 aromatic rings. The summed E-state index contributed by atoms with van der Waals surface area (Å²) in [6.45, 7) is 2.25. The Hall–Kier alpha value is -1.65. The topological polar surface area (TPSA) is 46.3 Å². The summed E-state index contributed by atoms with van der Waals surface area (Å²) < 4.78 is 1.96. The fourth-order valence-corrected chi connectivity index (χ4v) is 2.86. The van der Waals surface area contributed by atoms with Gasteiger partial charge < -0.3 is 4.90 Å². The number of nitrogens with zero attached hydrogens (tertiary/aromatic N) is 5. The third-order valence-electron chi connectivity index (χ3n) is 4.15. The van der Waals surface area contributed by atoms with Crippen molar-refractivity contribution in [1.82, 2.24) is 19.8 Å². The molecule has 4 rings (SSSR count). The molecule has 1 saturated carbocycles. The van der Waals surface area contributed by atoms with Gasteiger partial charge in [-0.1, -0.05) is 12.8 Å².